The molecule has 0 aliphatic rings. The van der Waals surface area contributed by atoms with E-state index in [4.69, 9.17) is 9.15 Å². The fourth-order valence-electron chi connectivity index (χ4n) is 2.86. The van der Waals surface area contributed by atoms with Gasteiger partial charge in [0, 0.05) is 15.4 Å². The van der Waals surface area contributed by atoms with Gasteiger partial charge in [0.1, 0.15) is 23.8 Å². The Kier molecular flexibility index (Phi) is 6.48. The third-order valence-electron chi connectivity index (χ3n) is 4.36. The molecule has 0 unspecified atom stereocenters. The lowest BCUT2D eigenvalue weighted by Crippen LogP contribution is -2.16. The van der Waals surface area contributed by atoms with Crippen LogP contribution in [0.4, 0.5) is 4.39 Å². The number of carbonyl (C=O) groups excluding carboxylic acids is 1. The Labute approximate surface area is 194 Å². The van der Waals surface area contributed by atoms with Gasteiger partial charge >= 0.3 is 5.91 Å². The zero-order chi connectivity index (χ0) is 21.8. The molecule has 156 valence electrons. The molecule has 4 aromatic rings. The van der Waals surface area contributed by atoms with Crippen molar-refractivity contribution >= 4 is 55.0 Å². The highest BCUT2D eigenvalue weighted by Gasteiger charge is 2.14. The van der Waals surface area contributed by atoms with Crippen LogP contribution in [0.3, 0.4) is 0 Å². The molecule has 5 nitrogen and oxygen atoms in total. The van der Waals surface area contributed by atoms with E-state index in [0.717, 1.165) is 19.9 Å². The third kappa shape index (κ3) is 5.21. The molecule has 0 fully saturated rings. The number of benzene rings is 3. The predicted octanol–water partition coefficient (Wildman–Crippen LogP) is 6.44. The zero-order valence-electron chi connectivity index (χ0n) is 15.9. The monoisotopic (exact) mass is 544 g/mol. The van der Waals surface area contributed by atoms with Crippen molar-refractivity contribution in [1.29, 1.82) is 0 Å². The number of para-hydroxylation sites is 1. The summed E-state index contributed by atoms with van der Waals surface area (Å²) in [7, 11) is 0. The Bertz CT molecular complexity index is 1270. The van der Waals surface area contributed by atoms with Gasteiger partial charge in [0.2, 0.25) is 0 Å². The molecule has 0 aliphatic carbocycles. The van der Waals surface area contributed by atoms with Crippen LogP contribution in [0.15, 0.2) is 85.2 Å². The lowest BCUT2D eigenvalue weighted by atomic mass is 10.2. The third-order valence-corrected chi connectivity index (χ3v) is 5.40. The Morgan fingerprint density at radius 1 is 1.10 bits per heavy atom. The molecule has 0 bridgehead atoms. The summed E-state index contributed by atoms with van der Waals surface area (Å²) in [6.45, 7) is 0.279. The van der Waals surface area contributed by atoms with Gasteiger partial charge in [0.15, 0.2) is 5.76 Å². The second-order valence-electron chi connectivity index (χ2n) is 6.57. The predicted molar refractivity (Wildman–Crippen MR) is 124 cm³/mol. The van der Waals surface area contributed by atoms with E-state index in [1.54, 1.807) is 24.3 Å². The van der Waals surface area contributed by atoms with Crippen LogP contribution in [-0.2, 0) is 6.61 Å². The van der Waals surface area contributed by atoms with Crippen LogP contribution in [-0.4, -0.2) is 12.1 Å². The Hall–Kier alpha value is -2.97. The minimum absolute atomic E-state index is 0.145. The molecule has 3 aromatic carbocycles. The number of carbonyl (C=O) groups is 1. The number of rotatable bonds is 6. The van der Waals surface area contributed by atoms with Gasteiger partial charge in [-0.3, -0.25) is 4.79 Å². The van der Waals surface area contributed by atoms with Crippen molar-refractivity contribution in [2.75, 3.05) is 0 Å². The van der Waals surface area contributed by atoms with Crippen LogP contribution in [0.25, 0.3) is 11.0 Å². The van der Waals surface area contributed by atoms with Gasteiger partial charge in [-0.25, -0.2) is 9.82 Å². The van der Waals surface area contributed by atoms with Crippen LogP contribution >= 0.6 is 31.9 Å². The van der Waals surface area contributed by atoms with Gasteiger partial charge in [-0.05, 0) is 64.0 Å². The number of ether oxygens (including phenoxy) is 1. The maximum atomic E-state index is 13.0. The van der Waals surface area contributed by atoms with E-state index in [-0.39, 0.29) is 18.2 Å². The van der Waals surface area contributed by atoms with Crippen molar-refractivity contribution in [3.8, 4) is 5.75 Å². The van der Waals surface area contributed by atoms with Crippen molar-refractivity contribution in [3.05, 3.63) is 98.4 Å². The van der Waals surface area contributed by atoms with Crippen LogP contribution < -0.4 is 10.2 Å². The standard InChI is InChI=1S/C23H15Br2FN2O3/c24-17-9-16-10-21(31-22(16)19(25)11-17)23(29)28-27-12-15-3-1-2-4-20(15)30-13-14-5-7-18(26)8-6-14/h1-12H,13H2,(H,28,29)/b27-12-. The molecule has 4 rings (SSSR count). The first kappa shape index (κ1) is 21.3. The average molecular weight is 546 g/mol. The van der Waals surface area contributed by atoms with Gasteiger partial charge in [-0.1, -0.05) is 40.2 Å². The van der Waals surface area contributed by atoms with Crippen LogP contribution in [0, 0.1) is 5.82 Å². The number of hydrogen-bond acceptors (Lipinski definition) is 4. The molecule has 1 amide bonds. The van der Waals surface area contributed by atoms with E-state index in [2.05, 4.69) is 42.4 Å². The highest BCUT2D eigenvalue weighted by atomic mass is 79.9. The molecule has 1 N–H and O–H groups in total. The molecular formula is C23H15Br2FN2O3. The molecule has 0 atom stereocenters. The normalized spacial score (nSPS) is 11.2. The summed E-state index contributed by atoms with van der Waals surface area (Å²) in [5.74, 6) is -0.0363. The van der Waals surface area contributed by atoms with Gasteiger partial charge in [-0.2, -0.15) is 5.10 Å². The highest BCUT2D eigenvalue weighted by Crippen LogP contribution is 2.31. The maximum absolute atomic E-state index is 13.0. The van der Waals surface area contributed by atoms with E-state index in [9.17, 15) is 9.18 Å². The van der Waals surface area contributed by atoms with E-state index < -0.39 is 5.91 Å². The number of hydrazone groups is 1. The Balaban J connectivity index is 1.43. The molecule has 31 heavy (non-hydrogen) atoms. The summed E-state index contributed by atoms with van der Waals surface area (Å²) in [6, 6.07) is 18.7. The molecular weight excluding hydrogens is 531 g/mol. The summed E-state index contributed by atoms with van der Waals surface area (Å²) in [6.07, 6.45) is 1.49. The number of fused-ring (bicyclic) bond motifs is 1. The van der Waals surface area contributed by atoms with E-state index >= 15 is 0 Å². The second-order valence-corrected chi connectivity index (χ2v) is 8.34. The quantitative estimate of drug-likeness (QED) is 0.224. The summed E-state index contributed by atoms with van der Waals surface area (Å²) >= 11 is 6.83. The molecule has 8 heteroatoms. The number of nitrogens with zero attached hydrogens (tertiary/aromatic N) is 1. The van der Waals surface area contributed by atoms with Crippen molar-refractivity contribution in [2.45, 2.75) is 6.61 Å². The van der Waals surface area contributed by atoms with Crippen LogP contribution in [0.1, 0.15) is 21.7 Å². The minimum Gasteiger partial charge on any atom is -0.488 e. The average Bonchev–Trinajstić information content (AvgIpc) is 3.19. The summed E-state index contributed by atoms with van der Waals surface area (Å²) in [5, 5.41) is 4.81. The number of amides is 1. The lowest BCUT2D eigenvalue weighted by molar-refractivity contribution is 0.0929. The minimum atomic E-state index is -0.472. The van der Waals surface area contributed by atoms with Gasteiger partial charge in [0.05, 0.1) is 10.7 Å². The van der Waals surface area contributed by atoms with Gasteiger partial charge in [0.25, 0.3) is 0 Å². The SMILES string of the molecule is O=C(N/N=C\c1ccccc1OCc1ccc(F)cc1)c1cc2cc(Br)cc(Br)c2o1. The molecule has 0 saturated heterocycles. The van der Waals surface area contributed by atoms with Crippen molar-refractivity contribution < 1.29 is 18.3 Å². The molecule has 0 saturated carbocycles. The first-order chi connectivity index (χ1) is 15.0. The first-order valence-electron chi connectivity index (χ1n) is 9.18. The van der Waals surface area contributed by atoms with Crippen LogP contribution in [0.5, 0.6) is 5.75 Å². The Morgan fingerprint density at radius 3 is 2.68 bits per heavy atom. The fraction of sp³-hybridized carbons (Fsp3) is 0.0435. The number of nitrogens with one attached hydrogen (secondary N) is 1. The Morgan fingerprint density at radius 2 is 1.87 bits per heavy atom. The largest absolute Gasteiger partial charge is 0.488 e. The van der Waals surface area contributed by atoms with Crippen LogP contribution in [0.2, 0.25) is 0 Å². The lowest BCUT2D eigenvalue weighted by Gasteiger charge is -2.09. The molecule has 1 heterocycles. The molecule has 0 radical (unpaired) electrons. The van der Waals surface area contributed by atoms with Crippen molar-refractivity contribution in [3.63, 3.8) is 0 Å². The number of halogens is 3. The highest BCUT2D eigenvalue weighted by molar-refractivity contribution is 9.11. The summed E-state index contributed by atoms with van der Waals surface area (Å²) < 4.78 is 26.1. The molecule has 0 spiro atoms. The van der Waals surface area contributed by atoms with Gasteiger partial charge < -0.3 is 9.15 Å². The smallest absolute Gasteiger partial charge is 0.307 e. The summed E-state index contributed by atoms with van der Waals surface area (Å²) in [5.41, 5.74) is 4.56. The number of furan rings is 1. The first-order valence-corrected chi connectivity index (χ1v) is 10.8. The number of hydrogen-bond donors (Lipinski definition) is 1. The van der Waals surface area contributed by atoms with E-state index in [1.165, 1.54) is 18.3 Å². The topological polar surface area (TPSA) is 63.8 Å². The van der Waals surface area contributed by atoms with E-state index in [1.807, 2.05) is 30.3 Å². The molecule has 0 aliphatic heterocycles. The van der Waals surface area contributed by atoms with E-state index in [0.29, 0.717) is 16.9 Å². The van der Waals surface area contributed by atoms with Gasteiger partial charge in [-0.15, -0.1) is 0 Å². The second kappa shape index (κ2) is 9.45. The van der Waals surface area contributed by atoms with Crippen molar-refractivity contribution in [2.24, 2.45) is 5.10 Å². The maximum Gasteiger partial charge on any atom is 0.307 e. The summed E-state index contributed by atoms with van der Waals surface area (Å²) in [4.78, 5) is 12.4. The molecule has 1 aromatic heterocycles. The fourth-order valence-corrected chi connectivity index (χ4v) is 4.20. The zero-order valence-corrected chi connectivity index (χ0v) is 19.1. The van der Waals surface area contributed by atoms with Crippen molar-refractivity contribution in [1.82, 2.24) is 5.43 Å².